The molecule has 6 heteroatoms. The van der Waals surface area contributed by atoms with Crippen molar-refractivity contribution in [3.63, 3.8) is 0 Å². The van der Waals surface area contributed by atoms with Gasteiger partial charge >= 0.3 is 0 Å². The number of hydrogen-bond donors (Lipinski definition) is 2. The van der Waals surface area contributed by atoms with Gasteiger partial charge in [0, 0.05) is 31.4 Å². The van der Waals surface area contributed by atoms with Crippen LogP contribution in [-0.2, 0) is 20.8 Å². The fourth-order valence-electron chi connectivity index (χ4n) is 2.72. The summed E-state index contributed by atoms with van der Waals surface area (Å²) < 4.78 is 46.5. The number of Topliss-reactive ketones (excluding diaryl/α,β-unsaturated/α-hetero) is 1. The van der Waals surface area contributed by atoms with Crippen LogP contribution in [0.5, 0.6) is 0 Å². The molecule has 0 saturated heterocycles. The van der Waals surface area contributed by atoms with E-state index < -0.39 is 54.8 Å². The lowest BCUT2D eigenvalue weighted by atomic mass is 9.94. The molecule has 6 nitrogen and oxygen atoms in total. The molecule has 1 aliphatic rings. The lowest BCUT2D eigenvalue weighted by molar-refractivity contribution is -0.137. The quantitative estimate of drug-likeness (QED) is 0.798. The minimum Gasteiger partial charge on any atom is -0.385 e. The number of rotatable bonds is 6. The van der Waals surface area contributed by atoms with Crippen LogP contribution >= 0.6 is 0 Å². The second kappa shape index (κ2) is 8.45. The van der Waals surface area contributed by atoms with Crippen LogP contribution in [0.25, 0.3) is 0 Å². The topological polar surface area (TPSA) is 86.7 Å². The molecule has 1 aromatic carbocycles. The first-order chi connectivity index (χ1) is 14.5. The van der Waals surface area contributed by atoms with E-state index in [0.29, 0.717) is 24.1 Å². The van der Waals surface area contributed by atoms with Crippen molar-refractivity contribution >= 4 is 17.6 Å². The molecule has 0 bridgehead atoms. The second-order valence-electron chi connectivity index (χ2n) is 6.50. The van der Waals surface area contributed by atoms with Gasteiger partial charge in [0.15, 0.2) is 5.78 Å². The number of nitrogens with one attached hydrogen (secondary N) is 1. The Bertz CT molecular complexity index is 918. The highest BCUT2D eigenvalue weighted by molar-refractivity contribution is 5.92. The Kier molecular flexibility index (Phi) is 4.23. The highest BCUT2D eigenvalue weighted by Gasteiger charge is 2.32. The monoisotopic (exact) mass is 366 g/mol. The van der Waals surface area contributed by atoms with Gasteiger partial charge < -0.3 is 15.3 Å². The molecule has 2 amide bonds. The number of carbonyl (C=O) groups is 3. The van der Waals surface area contributed by atoms with Crippen molar-refractivity contribution in [3.8, 4) is 0 Å². The zero-order valence-corrected chi connectivity index (χ0v) is 15.1. The molecule has 4 atom stereocenters. The van der Waals surface area contributed by atoms with Gasteiger partial charge in [0.25, 0.3) is 0 Å². The predicted molar refractivity (Wildman–Crippen MR) is 98.3 cm³/mol. The Labute approximate surface area is 163 Å². The summed E-state index contributed by atoms with van der Waals surface area (Å²) in [6, 6.07) is 4.59. The van der Waals surface area contributed by atoms with Gasteiger partial charge in [-0.2, -0.15) is 0 Å². The van der Waals surface area contributed by atoms with E-state index in [9.17, 15) is 19.5 Å². The Morgan fingerprint density at radius 3 is 2.85 bits per heavy atom. The number of amides is 2. The Balaban J connectivity index is 2.27. The molecule has 2 rings (SSSR count). The first kappa shape index (κ1) is 13.0. The van der Waals surface area contributed by atoms with E-state index in [0.717, 1.165) is 6.92 Å². The van der Waals surface area contributed by atoms with Crippen molar-refractivity contribution in [2.75, 3.05) is 13.6 Å². The maximum absolute atomic E-state index is 12.9. The number of aliphatic hydroxyl groups is 1. The SMILES string of the molecule is [2H]C([2H])([2H])C([2H])(C)[C@]([2H])(O)C(=O)C[C@@H](C)C(=O)N[C@]1([2H])C(=O)N(C)CCc2ccccc21. The van der Waals surface area contributed by atoms with Crippen LogP contribution in [0.1, 0.15) is 52.5 Å². The fourth-order valence-corrected chi connectivity index (χ4v) is 2.72. The lowest BCUT2D eigenvalue weighted by Gasteiger charge is -2.24. The van der Waals surface area contributed by atoms with Gasteiger partial charge in [-0.3, -0.25) is 14.4 Å². The zero-order chi connectivity index (χ0) is 24.7. The highest BCUT2D eigenvalue weighted by Crippen LogP contribution is 2.25. The number of likely N-dealkylation sites (N-methyl/N-ethyl adjacent to an activating group) is 1. The molecule has 1 aromatic rings. The first-order valence-electron chi connectivity index (χ1n) is 11.4. The molecule has 0 aromatic heterocycles. The van der Waals surface area contributed by atoms with Crippen LogP contribution in [0.4, 0.5) is 0 Å². The van der Waals surface area contributed by atoms with Gasteiger partial charge in [-0.25, -0.2) is 0 Å². The van der Waals surface area contributed by atoms with Crippen molar-refractivity contribution in [1.82, 2.24) is 10.2 Å². The van der Waals surface area contributed by atoms with E-state index in [4.69, 9.17) is 8.22 Å². The second-order valence-corrected chi connectivity index (χ2v) is 6.50. The van der Waals surface area contributed by atoms with Crippen molar-refractivity contribution in [2.24, 2.45) is 11.8 Å². The van der Waals surface area contributed by atoms with Crippen molar-refractivity contribution in [1.29, 1.82) is 0 Å². The molecule has 0 saturated carbocycles. The van der Waals surface area contributed by atoms with E-state index in [1.807, 2.05) is 0 Å². The molecule has 0 aliphatic carbocycles. The third kappa shape index (κ3) is 4.49. The minimum absolute atomic E-state index is 0.305. The smallest absolute Gasteiger partial charge is 0.249 e. The van der Waals surface area contributed by atoms with Crippen molar-refractivity contribution in [2.45, 2.75) is 45.6 Å². The van der Waals surface area contributed by atoms with E-state index in [2.05, 4.69) is 5.32 Å². The number of nitrogens with zero attached hydrogens (tertiary/aromatic N) is 1. The molecule has 142 valence electrons. The van der Waals surface area contributed by atoms with Crippen LogP contribution < -0.4 is 5.32 Å². The molecule has 0 fully saturated rings. The van der Waals surface area contributed by atoms with Crippen LogP contribution in [-0.4, -0.2) is 47.3 Å². The van der Waals surface area contributed by atoms with Crippen molar-refractivity contribution < 1.29 is 27.7 Å². The normalized spacial score (nSPS) is 29.7. The van der Waals surface area contributed by atoms with Gasteiger partial charge in [0.05, 0.1) is 2.74 Å². The number of ketones is 1. The summed E-state index contributed by atoms with van der Waals surface area (Å²) in [5.74, 6) is -6.88. The maximum Gasteiger partial charge on any atom is 0.249 e. The Hall–Kier alpha value is -2.21. The molecule has 26 heavy (non-hydrogen) atoms. The van der Waals surface area contributed by atoms with Gasteiger partial charge in [0.2, 0.25) is 11.8 Å². The summed E-state index contributed by atoms with van der Waals surface area (Å²) in [5, 5.41) is 12.6. The lowest BCUT2D eigenvalue weighted by Crippen LogP contribution is -2.43. The van der Waals surface area contributed by atoms with E-state index >= 15 is 0 Å². The third-order valence-corrected chi connectivity index (χ3v) is 4.37. The Morgan fingerprint density at radius 1 is 1.46 bits per heavy atom. The number of benzene rings is 1. The molecule has 0 radical (unpaired) electrons. The van der Waals surface area contributed by atoms with Crippen LogP contribution in [0.3, 0.4) is 0 Å². The Morgan fingerprint density at radius 2 is 2.15 bits per heavy atom. The van der Waals surface area contributed by atoms with Gasteiger partial charge in [-0.1, -0.05) is 45.0 Å². The summed E-state index contributed by atoms with van der Waals surface area (Å²) >= 11 is 0. The van der Waals surface area contributed by atoms with Crippen LogP contribution in [0, 0.1) is 11.8 Å². The summed E-state index contributed by atoms with van der Waals surface area (Å²) in [7, 11) is 1.51. The molecule has 1 aliphatic heterocycles. The van der Waals surface area contributed by atoms with Gasteiger partial charge in [0.1, 0.15) is 12.1 Å². The van der Waals surface area contributed by atoms with Crippen LogP contribution in [0.15, 0.2) is 24.3 Å². The fraction of sp³-hybridized carbons (Fsp3) is 0.550. The summed E-state index contributed by atoms with van der Waals surface area (Å²) in [6.45, 7) is -0.730. The molecule has 2 N–H and O–H groups in total. The average Bonchev–Trinajstić information content (AvgIpc) is 2.78. The largest absolute Gasteiger partial charge is 0.385 e. The standard InChI is InChI=1S/C20H28N2O4/c1-12(2)18(24)16(23)11-13(3)19(25)21-17-15-8-6-5-7-14(15)9-10-22(4)20(17)26/h5-8,12-13,17-18,24H,9-11H2,1-4H3,(H,21,25)/t13-,17+,18+/m1/s1/i1D3,12D,17D,18D/t12?,13-,17+,18+. The van der Waals surface area contributed by atoms with Gasteiger partial charge in [-0.05, 0) is 23.4 Å². The third-order valence-electron chi connectivity index (χ3n) is 4.37. The van der Waals surface area contributed by atoms with E-state index in [-0.39, 0.29) is 0 Å². The molecular weight excluding hydrogens is 332 g/mol. The summed E-state index contributed by atoms with van der Waals surface area (Å²) in [4.78, 5) is 39.6. The zero-order valence-electron chi connectivity index (χ0n) is 21.1. The highest BCUT2D eigenvalue weighted by atomic mass is 16.3. The summed E-state index contributed by atoms with van der Waals surface area (Å²) in [5.41, 5.74) is 1.02. The van der Waals surface area contributed by atoms with Gasteiger partial charge in [-0.15, -0.1) is 0 Å². The predicted octanol–water partition coefficient (Wildman–Crippen LogP) is 1.47. The number of carbonyl (C=O) groups excluding carboxylic acids is 3. The van der Waals surface area contributed by atoms with Crippen LogP contribution in [0.2, 0.25) is 0 Å². The van der Waals surface area contributed by atoms with Crippen molar-refractivity contribution in [3.05, 3.63) is 35.4 Å². The molecule has 1 unspecified atom stereocenters. The number of fused-ring (bicyclic) bond motifs is 1. The molecule has 0 spiro atoms. The summed E-state index contributed by atoms with van der Waals surface area (Å²) in [6.07, 6.45) is -3.55. The van der Waals surface area contributed by atoms with E-state index in [1.165, 1.54) is 18.9 Å². The average molecular weight is 366 g/mol. The minimum atomic E-state index is -3.30. The molecule has 1 heterocycles. The maximum atomic E-state index is 12.9. The molecular formula is C20H28N2O4. The first-order valence-corrected chi connectivity index (χ1v) is 8.38. The van der Waals surface area contributed by atoms with E-state index in [1.54, 1.807) is 24.3 Å². The number of hydrogen-bond acceptors (Lipinski definition) is 4.